The number of aliphatic hydroxyl groups is 1. The second-order valence-electron chi connectivity index (χ2n) is 9.05. The number of rotatable bonds is 21. The van der Waals surface area contributed by atoms with Gasteiger partial charge >= 0.3 is 24.0 Å². The summed E-state index contributed by atoms with van der Waals surface area (Å²) in [6, 6.07) is -1.67. The predicted molar refractivity (Wildman–Crippen MR) is 156 cm³/mol. The third-order valence-electron chi connectivity index (χ3n) is 5.64. The molecule has 13 heteroatoms. The van der Waals surface area contributed by atoms with E-state index in [0.717, 1.165) is 31.7 Å². The van der Waals surface area contributed by atoms with Crippen LogP contribution in [-0.2, 0) is 28.7 Å². The molecule has 9 nitrogen and oxygen atoms in total. The molecule has 0 saturated carbocycles. The number of hydrogen-bond acceptors (Lipinski definition) is 8. The van der Waals surface area contributed by atoms with Gasteiger partial charge in [-0.25, -0.2) is 0 Å². The molecule has 3 N–H and O–H groups in total. The summed E-state index contributed by atoms with van der Waals surface area (Å²) in [5.74, 6) is -4.99. The summed E-state index contributed by atoms with van der Waals surface area (Å²) in [5, 5.41) is 13.8. The number of unbranched alkanes of at least 4 members (excludes halogenated alkanes) is 3. The molecule has 0 spiro atoms. The fourth-order valence-electron chi connectivity index (χ4n) is 3.27. The summed E-state index contributed by atoms with van der Waals surface area (Å²) in [6.45, 7) is 1.55. The van der Waals surface area contributed by atoms with Crippen LogP contribution in [0.1, 0.15) is 58.3 Å². The first-order chi connectivity index (χ1) is 20.0. The highest BCUT2D eigenvalue weighted by molar-refractivity contribution is 8.00. The van der Waals surface area contributed by atoms with Gasteiger partial charge in [0.1, 0.15) is 12.6 Å². The topological polar surface area (TPSA) is 131 Å². The number of esters is 2. The van der Waals surface area contributed by atoms with Crippen LogP contribution in [0, 0.1) is 0 Å². The molecule has 0 radical (unpaired) electrons. The van der Waals surface area contributed by atoms with Gasteiger partial charge in [0.2, 0.25) is 5.91 Å². The SMILES string of the molecule is CCCCC/C=C\C\C=C/C=C/C=C/[C@H](SCC(NC(=O)C(F)(F)F)C(=O)NCC(=O)OC)[C@H](O)CCCC(=O)OC. The van der Waals surface area contributed by atoms with Gasteiger partial charge in [-0.05, 0) is 32.1 Å². The van der Waals surface area contributed by atoms with Gasteiger partial charge in [0.05, 0.1) is 20.3 Å². The summed E-state index contributed by atoms with van der Waals surface area (Å²) in [5.41, 5.74) is 0. The molecule has 3 atom stereocenters. The molecule has 0 heterocycles. The van der Waals surface area contributed by atoms with Crippen molar-refractivity contribution >= 4 is 35.5 Å². The van der Waals surface area contributed by atoms with Crippen molar-refractivity contribution in [3.05, 3.63) is 48.6 Å². The fraction of sp³-hybridized carbons (Fsp3) is 0.586. The summed E-state index contributed by atoms with van der Waals surface area (Å²) in [7, 11) is 2.31. The summed E-state index contributed by atoms with van der Waals surface area (Å²) >= 11 is 0.933. The van der Waals surface area contributed by atoms with Gasteiger partial charge in [-0.15, -0.1) is 11.8 Å². The highest BCUT2D eigenvalue weighted by Gasteiger charge is 2.41. The maximum Gasteiger partial charge on any atom is 0.471 e. The van der Waals surface area contributed by atoms with E-state index in [4.69, 9.17) is 0 Å². The van der Waals surface area contributed by atoms with Crippen molar-refractivity contribution in [3.63, 3.8) is 0 Å². The zero-order valence-electron chi connectivity index (χ0n) is 24.4. The monoisotopic (exact) mass is 620 g/mol. The van der Waals surface area contributed by atoms with Crippen molar-refractivity contribution in [3.8, 4) is 0 Å². The standard InChI is InChI=1S/C29H43F3N2O7S/c1-4-5-6-7-8-9-10-11-12-13-14-15-18-24(23(35)17-16-19-25(36)40-2)42-21-22(34-28(39)29(30,31)32)27(38)33-20-26(37)41-3/h8-9,11-15,18,22-24,35H,4-7,10,16-17,19-21H2,1-3H3,(H,33,38)(H,34,39)/b9-8-,12-11-,14-13+,18-15+/t22?,23-,24+/m1/s1. The van der Waals surface area contributed by atoms with Gasteiger partial charge in [0.25, 0.3) is 0 Å². The highest BCUT2D eigenvalue weighted by Crippen LogP contribution is 2.22. The van der Waals surface area contributed by atoms with E-state index < -0.39 is 53.9 Å². The largest absolute Gasteiger partial charge is 0.471 e. The van der Waals surface area contributed by atoms with Crippen molar-refractivity contribution in [2.75, 3.05) is 26.5 Å². The first-order valence-electron chi connectivity index (χ1n) is 13.7. The predicted octanol–water partition coefficient (Wildman–Crippen LogP) is 4.32. The van der Waals surface area contributed by atoms with Crippen molar-refractivity contribution in [2.45, 2.75) is 81.9 Å². The molecule has 0 aliphatic rings. The Balaban J connectivity index is 5.42. The Morgan fingerprint density at radius 2 is 1.62 bits per heavy atom. The van der Waals surface area contributed by atoms with E-state index in [1.807, 2.05) is 12.2 Å². The van der Waals surface area contributed by atoms with Crippen LogP contribution in [0.25, 0.3) is 0 Å². The Hall–Kier alpha value is -3.06. The number of ether oxygens (including phenoxy) is 2. The van der Waals surface area contributed by atoms with Crippen LogP contribution in [0.5, 0.6) is 0 Å². The highest BCUT2D eigenvalue weighted by atomic mass is 32.2. The molecule has 2 amide bonds. The quantitative estimate of drug-likeness (QED) is 0.0749. The minimum absolute atomic E-state index is 0.0621. The van der Waals surface area contributed by atoms with Gasteiger partial charge in [-0.1, -0.05) is 68.4 Å². The van der Waals surface area contributed by atoms with Crippen molar-refractivity contribution in [1.82, 2.24) is 10.6 Å². The Morgan fingerprint density at radius 3 is 2.26 bits per heavy atom. The molecule has 0 aromatic rings. The van der Waals surface area contributed by atoms with Crippen molar-refractivity contribution in [1.29, 1.82) is 0 Å². The Bertz CT molecular complexity index is 937. The van der Waals surface area contributed by atoms with E-state index in [0.29, 0.717) is 0 Å². The third-order valence-corrected chi connectivity index (χ3v) is 7.02. The van der Waals surface area contributed by atoms with Crippen molar-refractivity contribution < 1.29 is 46.9 Å². The third kappa shape index (κ3) is 19.9. The number of hydrogen-bond donors (Lipinski definition) is 3. The first kappa shape index (κ1) is 38.9. The summed E-state index contributed by atoms with van der Waals surface area (Å²) in [4.78, 5) is 46.8. The number of alkyl halides is 3. The summed E-state index contributed by atoms with van der Waals surface area (Å²) in [6.07, 6.45) is 14.4. The van der Waals surface area contributed by atoms with Crippen molar-refractivity contribution in [2.24, 2.45) is 0 Å². The molecule has 0 fully saturated rings. The number of amides is 2. The fourth-order valence-corrected chi connectivity index (χ4v) is 4.48. The minimum atomic E-state index is -5.23. The molecule has 1 unspecified atom stereocenters. The maximum absolute atomic E-state index is 12.9. The van der Waals surface area contributed by atoms with E-state index in [1.54, 1.807) is 29.6 Å². The molecule has 0 aromatic heterocycles. The van der Waals surface area contributed by atoms with Gasteiger partial charge in [0, 0.05) is 17.4 Å². The lowest BCUT2D eigenvalue weighted by molar-refractivity contribution is -0.174. The van der Waals surface area contributed by atoms with Crippen LogP contribution in [0.4, 0.5) is 13.2 Å². The maximum atomic E-state index is 12.9. The number of nitrogens with one attached hydrogen (secondary N) is 2. The molecule has 0 aliphatic heterocycles. The second-order valence-corrected chi connectivity index (χ2v) is 10.3. The van der Waals surface area contributed by atoms with Crippen LogP contribution >= 0.6 is 11.8 Å². The Kier molecular flexibility index (Phi) is 21.8. The molecule has 0 bridgehead atoms. The van der Waals surface area contributed by atoms with Crippen LogP contribution in [-0.4, -0.2) is 78.9 Å². The van der Waals surface area contributed by atoms with Gasteiger partial charge < -0.3 is 25.2 Å². The average molecular weight is 621 g/mol. The molecule has 0 aromatic carbocycles. The van der Waals surface area contributed by atoms with Gasteiger partial charge in [-0.2, -0.15) is 13.2 Å². The first-order valence-corrected chi connectivity index (χ1v) is 14.7. The van der Waals surface area contributed by atoms with Crippen LogP contribution in [0.15, 0.2) is 48.6 Å². The molecule has 0 rings (SSSR count). The minimum Gasteiger partial charge on any atom is -0.469 e. The van der Waals surface area contributed by atoms with Gasteiger partial charge in [0.15, 0.2) is 0 Å². The number of allylic oxidation sites excluding steroid dienone is 7. The van der Waals surface area contributed by atoms with Crippen LogP contribution in [0.3, 0.4) is 0 Å². The molecular formula is C29H43F3N2O7S. The molecule has 42 heavy (non-hydrogen) atoms. The van der Waals surface area contributed by atoms with E-state index in [9.17, 15) is 37.5 Å². The normalized spacial score (nSPS) is 14.4. The van der Waals surface area contributed by atoms with Crippen LogP contribution < -0.4 is 10.6 Å². The average Bonchev–Trinajstić information content (AvgIpc) is 2.95. The number of halogens is 3. The zero-order chi connectivity index (χ0) is 31.8. The second kappa shape index (κ2) is 23.5. The molecule has 0 aliphatic carbocycles. The number of aliphatic hydroxyl groups excluding tert-OH is 1. The lowest BCUT2D eigenvalue weighted by atomic mass is 10.1. The zero-order valence-corrected chi connectivity index (χ0v) is 25.2. The van der Waals surface area contributed by atoms with E-state index in [-0.39, 0.29) is 25.0 Å². The van der Waals surface area contributed by atoms with Gasteiger partial charge in [-0.3, -0.25) is 19.2 Å². The van der Waals surface area contributed by atoms with Crippen LogP contribution in [0.2, 0.25) is 0 Å². The molecule has 0 saturated heterocycles. The Morgan fingerprint density at radius 1 is 0.929 bits per heavy atom. The van der Waals surface area contributed by atoms with E-state index >= 15 is 0 Å². The number of carbonyl (C=O) groups is 4. The molecular weight excluding hydrogens is 577 g/mol. The van der Waals surface area contributed by atoms with E-state index in [1.165, 1.54) is 26.4 Å². The number of methoxy groups -OCH3 is 2. The molecule has 238 valence electrons. The Labute approximate surface area is 250 Å². The lowest BCUT2D eigenvalue weighted by Gasteiger charge is -2.23. The summed E-state index contributed by atoms with van der Waals surface area (Å²) < 4.78 is 47.6. The lowest BCUT2D eigenvalue weighted by Crippen LogP contribution is -2.52. The number of carbonyl (C=O) groups excluding carboxylic acids is 4. The smallest absolute Gasteiger partial charge is 0.469 e. The number of thioether (sulfide) groups is 1. The van der Waals surface area contributed by atoms with E-state index in [2.05, 4.69) is 33.9 Å².